The number of amides is 1. The number of carbonyl (C=O) groups excluding carboxylic acids is 1. The molecule has 1 rings (SSSR count). The molecule has 9 heteroatoms. The largest absolute Gasteiger partial charge is 0.481 e. The van der Waals surface area contributed by atoms with Gasteiger partial charge in [0.2, 0.25) is 0 Å². The van der Waals surface area contributed by atoms with Crippen LogP contribution in [0.5, 0.6) is 0 Å². The maximum absolute atomic E-state index is 11.8. The Morgan fingerprint density at radius 2 is 1.95 bits per heavy atom. The molecule has 1 aromatic rings. The molecule has 110 valence electrons. The van der Waals surface area contributed by atoms with E-state index in [4.69, 9.17) is 33.4 Å². The van der Waals surface area contributed by atoms with Crippen LogP contribution in [-0.4, -0.2) is 39.1 Å². The Morgan fingerprint density at radius 3 is 2.40 bits per heavy atom. The number of nitrogens with one attached hydrogen (secondary N) is 2. The molecule has 1 atom stereocenters. The van der Waals surface area contributed by atoms with Crippen molar-refractivity contribution in [3.63, 3.8) is 0 Å². The Balaban J connectivity index is 2.63. The van der Waals surface area contributed by atoms with Crippen LogP contribution in [0.4, 0.5) is 0 Å². The van der Waals surface area contributed by atoms with Gasteiger partial charge in [-0.2, -0.15) is 0 Å². The van der Waals surface area contributed by atoms with E-state index in [0.717, 1.165) is 0 Å². The second-order valence-electron chi connectivity index (χ2n) is 4.00. The van der Waals surface area contributed by atoms with Crippen molar-refractivity contribution in [2.45, 2.75) is 25.3 Å². The fraction of sp³-hybridized carbons (Fsp3) is 0.364. The van der Waals surface area contributed by atoms with E-state index in [1.165, 1.54) is 6.07 Å². The Labute approximate surface area is 123 Å². The molecular weight excluding hydrogens is 311 g/mol. The number of rotatable bonds is 7. The van der Waals surface area contributed by atoms with Crippen LogP contribution < -0.4 is 5.32 Å². The number of halogens is 2. The summed E-state index contributed by atoms with van der Waals surface area (Å²) in [4.78, 5) is 35.6. The zero-order valence-electron chi connectivity index (χ0n) is 10.2. The first-order valence-electron chi connectivity index (χ1n) is 5.60. The number of aromatic amines is 1. The van der Waals surface area contributed by atoms with Crippen molar-refractivity contribution in [3.05, 3.63) is 21.9 Å². The van der Waals surface area contributed by atoms with Crippen LogP contribution in [0, 0.1) is 0 Å². The van der Waals surface area contributed by atoms with Crippen molar-refractivity contribution in [2.24, 2.45) is 0 Å². The number of aliphatic carboxylic acids is 2. The van der Waals surface area contributed by atoms with E-state index in [-0.39, 0.29) is 35.1 Å². The minimum absolute atomic E-state index is 0.00947. The van der Waals surface area contributed by atoms with Gasteiger partial charge in [0.25, 0.3) is 5.91 Å². The van der Waals surface area contributed by atoms with Gasteiger partial charge in [0, 0.05) is 6.42 Å². The Kier molecular flexibility index (Phi) is 5.84. The van der Waals surface area contributed by atoms with Crippen molar-refractivity contribution >= 4 is 41.0 Å². The van der Waals surface area contributed by atoms with E-state index in [0.29, 0.717) is 0 Å². The lowest BCUT2D eigenvalue weighted by Gasteiger charge is -2.13. The third-order valence-electron chi connectivity index (χ3n) is 2.46. The smallest absolute Gasteiger partial charge is 0.326 e. The number of carboxylic acids is 2. The minimum Gasteiger partial charge on any atom is -0.481 e. The highest BCUT2D eigenvalue weighted by Gasteiger charge is 2.22. The number of carboxylic acid groups (broad SMARTS) is 2. The van der Waals surface area contributed by atoms with Gasteiger partial charge in [-0.3, -0.25) is 9.59 Å². The van der Waals surface area contributed by atoms with Crippen LogP contribution >= 0.6 is 23.2 Å². The predicted molar refractivity (Wildman–Crippen MR) is 71.2 cm³/mol. The lowest BCUT2D eigenvalue weighted by Crippen LogP contribution is -2.40. The topological polar surface area (TPSA) is 119 Å². The number of hydrogen-bond acceptors (Lipinski definition) is 3. The van der Waals surface area contributed by atoms with E-state index < -0.39 is 23.9 Å². The molecule has 0 aromatic carbocycles. The molecule has 0 aliphatic rings. The van der Waals surface area contributed by atoms with E-state index in [1.807, 2.05) is 0 Å². The number of H-pyrrole nitrogens is 1. The fourth-order valence-corrected chi connectivity index (χ4v) is 1.79. The number of aromatic nitrogens is 1. The number of carbonyl (C=O) groups is 3. The normalized spacial score (nSPS) is 11.9. The molecular formula is C11H12Cl2N2O5. The van der Waals surface area contributed by atoms with Crippen LogP contribution in [-0.2, 0) is 9.59 Å². The molecule has 20 heavy (non-hydrogen) atoms. The fourth-order valence-electron chi connectivity index (χ4n) is 1.48. The van der Waals surface area contributed by atoms with Crippen LogP contribution in [0.15, 0.2) is 6.07 Å². The zero-order valence-corrected chi connectivity index (χ0v) is 11.7. The summed E-state index contributed by atoms with van der Waals surface area (Å²) >= 11 is 11.3. The molecule has 7 nitrogen and oxygen atoms in total. The van der Waals surface area contributed by atoms with Crippen LogP contribution in [0.3, 0.4) is 0 Å². The highest BCUT2D eigenvalue weighted by Crippen LogP contribution is 2.21. The summed E-state index contributed by atoms with van der Waals surface area (Å²) in [6.07, 6.45) is -0.0197. The average Bonchev–Trinajstić information content (AvgIpc) is 2.67. The summed E-state index contributed by atoms with van der Waals surface area (Å²) in [6, 6.07) is 0.0951. The van der Waals surface area contributed by atoms with Crippen molar-refractivity contribution in [3.8, 4) is 0 Å². The first-order valence-corrected chi connectivity index (χ1v) is 6.36. The molecule has 1 amide bonds. The van der Waals surface area contributed by atoms with Gasteiger partial charge in [-0.05, 0) is 18.9 Å². The van der Waals surface area contributed by atoms with Gasteiger partial charge in [0.15, 0.2) is 0 Å². The molecule has 0 fully saturated rings. The third kappa shape index (κ3) is 4.75. The summed E-state index contributed by atoms with van der Waals surface area (Å²) in [5.74, 6) is -2.95. The highest BCUT2D eigenvalue weighted by atomic mass is 35.5. The average molecular weight is 323 g/mol. The van der Waals surface area contributed by atoms with E-state index >= 15 is 0 Å². The molecule has 0 saturated carbocycles. The van der Waals surface area contributed by atoms with Crippen molar-refractivity contribution < 1.29 is 24.6 Å². The Bertz CT molecular complexity index is 509. The zero-order chi connectivity index (χ0) is 15.3. The minimum atomic E-state index is -1.24. The maximum Gasteiger partial charge on any atom is 0.326 e. The second kappa shape index (κ2) is 7.16. The van der Waals surface area contributed by atoms with Gasteiger partial charge < -0.3 is 20.5 Å². The first kappa shape index (κ1) is 16.3. The molecule has 1 heterocycles. The molecule has 0 radical (unpaired) electrons. The molecule has 0 aliphatic carbocycles. The molecule has 0 spiro atoms. The lowest BCUT2D eigenvalue weighted by molar-refractivity contribution is -0.140. The first-order chi connectivity index (χ1) is 9.31. The molecule has 0 bridgehead atoms. The molecule has 0 unspecified atom stereocenters. The summed E-state index contributed by atoms with van der Waals surface area (Å²) < 4.78 is 0. The van der Waals surface area contributed by atoms with Crippen LogP contribution in [0.25, 0.3) is 0 Å². The Morgan fingerprint density at radius 1 is 1.30 bits per heavy atom. The van der Waals surface area contributed by atoms with Gasteiger partial charge in [-0.15, -0.1) is 0 Å². The van der Waals surface area contributed by atoms with Gasteiger partial charge >= 0.3 is 11.9 Å². The van der Waals surface area contributed by atoms with E-state index in [1.54, 1.807) is 0 Å². The quantitative estimate of drug-likeness (QED) is 0.609. The Hall–Kier alpha value is -1.73. The van der Waals surface area contributed by atoms with Gasteiger partial charge in [-0.25, -0.2) is 4.79 Å². The third-order valence-corrected chi connectivity index (χ3v) is 3.15. The predicted octanol–water partition coefficient (Wildman–Crippen LogP) is 1.76. The summed E-state index contributed by atoms with van der Waals surface area (Å²) in [5, 5.41) is 20.0. The SMILES string of the molecule is O=C(O)CCC[C@@H](NC(=O)c1cc(Cl)c(Cl)[nH]1)C(=O)O. The standard InChI is InChI=1S/C11H12Cl2N2O5/c12-5-4-7(14-9(5)13)10(18)15-6(11(19)20)2-1-3-8(16)17/h4,6,14H,1-3H2,(H,15,18)(H,16,17)(H,19,20)/t6-/m1/s1. The molecule has 0 aliphatic heterocycles. The second-order valence-corrected chi connectivity index (χ2v) is 4.78. The maximum atomic E-state index is 11.8. The van der Waals surface area contributed by atoms with Crippen molar-refractivity contribution in [1.82, 2.24) is 10.3 Å². The summed E-state index contributed by atoms with van der Waals surface area (Å²) in [5.41, 5.74) is 0.0319. The van der Waals surface area contributed by atoms with E-state index in [9.17, 15) is 14.4 Å². The van der Waals surface area contributed by atoms with Crippen molar-refractivity contribution in [1.29, 1.82) is 0 Å². The number of hydrogen-bond donors (Lipinski definition) is 4. The summed E-state index contributed by atoms with van der Waals surface area (Å²) in [7, 11) is 0. The van der Waals surface area contributed by atoms with Crippen molar-refractivity contribution in [2.75, 3.05) is 0 Å². The van der Waals surface area contributed by atoms with Crippen LogP contribution in [0.2, 0.25) is 10.2 Å². The highest BCUT2D eigenvalue weighted by molar-refractivity contribution is 6.41. The van der Waals surface area contributed by atoms with Gasteiger partial charge in [0.1, 0.15) is 16.9 Å². The van der Waals surface area contributed by atoms with Gasteiger partial charge in [0.05, 0.1) is 5.02 Å². The molecule has 1 aromatic heterocycles. The monoisotopic (exact) mass is 322 g/mol. The molecule has 4 N–H and O–H groups in total. The van der Waals surface area contributed by atoms with E-state index in [2.05, 4.69) is 10.3 Å². The lowest BCUT2D eigenvalue weighted by atomic mass is 10.1. The van der Waals surface area contributed by atoms with Gasteiger partial charge in [-0.1, -0.05) is 23.2 Å². The summed E-state index contributed by atoms with van der Waals surface area (Å²) in [6.45, 7) is 0. The molecule has 0 saturated heterocycles. The van der Waals surface area contributed by atoms with Crippen LogP contribution in [0.1, 0.15) is 29.8 Å².